The largest absolute Gasteiger partial charge is 0.455 e. The summed E-state index contributed by atoms with van der Waals surface area (Å²) in [5.74, 6) is 0. The van der Waals surface area contributed by atoms with Crippen LogP contribution >= 0.6 is 0 Å². The quantitative estimate of drug-likeness (QED) is 0.161. The van der Waals surface area contributed by atoms with E-state index in [0.717, 1.165) is 88.6 Å². The molecule has 0 spiro atoms. The van der Waals surface area contributed by atoms with Crippen molar-refractivity contribution in [2.24, 2.45) is 0 Å². The van der Waals surface area contributed by atoms with Crippen molar-refractivity contribution in [2.75, 3.05) is 4.90 Å². The molecule has 0 aliphatic heterocycles. The molecule has 12 aromatic rings. The first kappa shape index (κ1) is 34.9. The molecule has 2 heterocycles. The fourth-order valence-electron chi connectivity index (χ4n) is 9.11. The van der Waals surface area contributed by atoms with Crippen LogP contribution in [0.2, 0.25) is 0 Å². The normalized spacial score (nSPS) is 11.6. The lowest BCUT2D eigenvalue weighted by atomic mass is 9.97. The van der Waals surface area contributed by atoms with Crippen molar-refractivity contribution in [3.05, 3.63) is 224 Å². The predicted molar refractivity (Wildman–Crippen MR) is 255 cm³/mol. The predicted octanol–water partition coefficient (Wildman–Crippen LogP) is 16.8. The summed E-state index contributed by atoms with van der Waals surface area (Å²) < 4.78 is 13.0. The Morgan fingerprint density at radius 3 is 1.52 bits per heavy atom. The van der Waals surface area contributed by atoms with Gasteiger partial charge in [-0.25, -0.2) is 0 Å². The van der Waals surface area contributed by atoms with Gasteiger partial charge in [-0.15, -0.1) is 0 Å². The fourth-order valence-corrected chi connectivity index (χ4v) is 9.11. The first-order valence-electron chi connectivity index (χ1n) is 20.7. The van der Waals surface area contributed by atoms with E-state index in [2.05, 4.69) is 217 Å². The highest BCUT2D eigenvalue weighted by molar-refractivity contribution is 6.19. The van der Waals surface area contributed by atoms with Crippen molar-refractivity contribution in [2.45, 2.75) is 0 Å². The topological polar surface area (TPSA) is 29.5 Å². The maximum atomic E-state index is 6.54. The summed E-state index contributed by atoms with van der Waals surface area (Å²) in [6.07, 6.45) is 0. The van der Waals surface area contributed by atoms with Crippen LogP contribution in [-0.2, 0) is 0 Å². The molecule has 0 radical (unpaired) electrons. The summed E-state index contributed by atoms with van der Waals surface area (Å²) in [5.41, 5.74) is 16.0. The van der Waals surface area contributed by atoms with Crippen LogP contribution in [0.15, 0.2) is 233 Å². The minimum absolute atomic E-state index is 0.891. The second kappa shape index (κ2) is 14.3. The monoisotopic (exact) mass is 779 g/mol. The van der Waals surface area contributed by atoms with E-state index in [9.17, 15) is 0 Å². The molecule has 0 aliphatic rings. The molecular weight excluding hydrogens is 743 g/mol. The van der Waals surface area contributed by atoms with Gasteiger partial charge in [0.05, 0.1) is 0 Å². The van der Waals surface area contributed by atoms with Crippen molar-refractivity contribution in [1.29, 1.82) is 0 Å². The number of hydrogen-bond donors (Lipinski definition) is 0. The Bertz CT molecular complexity index is 3560. The summed E-state index contributed by atoms with van der Waals surface area (Å²) in [6.45, 7) is 0. The Balaban J connectivity index is 0.945. The first-order valence-corrected chi connectivity index (χ1v) is 20.7. The van der Waals surface area contributed by atoms with E-state index in [4.69, 9.17) is 8.83 Å². The van der Waals surface area contributed by atoms with Crippen LogP contribution in [0.4, 0.5) is 17.1 Å². The molecule has 0 saturated heterocycles. The Hall–Kier alpha value is -8.14. The Kier molecular flexibility index (Phi) is 8.17. The van der Waals surface area contributed by atoms with Crippen molar-refractivity contribution in [1.82, 2.24) is 0 Å². The van der Waals surface area contributed by atoms with Gasteiger partial charge in [0.15, 0.2) is 0 Å². The smallest absolute Gasteiger partial charge is 0.143 e. The molecule has 0 amide bonds. The van der Waals surface area contributed by atoms with Crippen LogP contribution in [-0.4, -0.2) is 0 Å². The van der Waals surface area contributed by atoms with Crippen molar-refractivity contribution < 1.29 is 8.83 Å². The van der Waals surface area contributed by atoms with Gasteiger partial charge in [-0.2, -0.15) is 0 Å². The lowest BCUT2D eigenvalue weighted by Gasteiger charge is -2.26. The van der Waals surface area contributed by atoms with E-state index in [-0.39, 0.29) is 0 Å². The highest BCUT2D eigenvalue weighted by Crippen LogP contribution is 2.43. The van der Waals surface area contributed by atoms with E-state index >= 15 is 0 Å². The molecular formula is C58H37NO2. The van der Waals surface area contributed by atoms with E-state index in [1.165, 1.54) is 27.6 Å². The average Bonchev–Trinajstić information content (AvgIpc) is 3.92. The van der Waals surface area contributed by atoms with Crippen LogP contribution in [0.5, 0.6) is 0 Å². The number of nitrogens with zero attached hydrogens (tertiary/aromatic N) is 1. The number of para-hydroxylation sites is 2. The van der Waals surface area contributed by atoms with E-state index < -0.39 is 0 Å². The van der Waals surface area contributed by atoms with Gasteiger partial charge >= 0.3 is 0 Å². The second-order valence-electron chi connectivity index (χ2n) is 15.6. The molecule has 3 heteroatoms. The van der Waals surface area contributed by atoms with Gasteiger partial charge in [-0.3, -0.25) is 0 Å². The first-order chi connectivity index (χ1) is 30.2. The molecule has 0 unspecified atom stereocenters. The maximum absolute atomic E-state index is 6.54. The summed E-state index contributed by atoms with van der Waals surface area (Å²) in [6, 6.07) is 79.8. The Morgan fingerprint density at radius 2 is 0.787 bits per heavy atom. The highest BCUT2D eigenvalue weighted by atomic mass is 16.3. The average molecular weight is 780 g/mol. The number of fused-ring (bicyclic) bond motifs is 8. The van der Waals surface area contributed by atoms with Gasteiger partial charge in [-0.1, -0.05) is 164 Å². The van der Waals surface area contributed by atoms with Gasteiger partial charge in [0.25, 0.3) is 0 Å². The van der Waals surface area contributed by atoms with Crippen molar-refractivity contribution in [3.8, 4) is 44.5 Å². The third kappa shape index (κ3) is 5.98. The molecule has 12 rings (SSSR count). The van der Waals surface area contributed by atoms with Crippen LogP contribution in [0, 0.1) is 0 Å². The molecule has 0 bridgehead atoms. The van der Waals surface area contributed by atoms with Crippen LogP contribution in [0.3, 0.4) is 0 Å². The Morgan fingerprint density at radius 1 is 0.279 bits per heavy atom. The van der Waals surface area contributed by atoms with E-state index in [1.54, 1.807) is 0 Å². The van der Waals surface area contributed by atoms with Crippen LogP contribution in [0.1, 0.15) is 0 Å². The van der Waals surface area contributed by atoms with Crippen molar-refractivity contribution >= 4 is 71.7 Å². The Labute approximate surface area is 353 Å². The SMILES string of the molecule is c1ccc(-c2cccc(-c3ccc(N(c4ccc(-c5cccc6c5oc5ccccc56)cc4)c4ccc(-c5cccc6oc7c8ccccc8ccc7c56)cc4)cc3)c2)cc1. The zero-order valence-corrected chi connectivity index (χ0v) is 33.1. The number of furan rings is 2. The lowest BCUT2D eigenvalue weighted by Crippen LogP contribution is -2.09. The van der Waals surface area contributed by atoms with Crippen molar-refractivity contribution in [3.63, 3.8) is 0 Å². The van der Waals surface area contributed by atoms with E-state index in [0.29, 0.717) is 0 Å². The molecule has 2 aromatic heterocycles. The highest BCUT2D eigenvalue weighted by Gasteiger charge is 2.18. The second-order valence-corrected chi connectivity index (χ2v) is 15.6. The van der Waals surface area contributed by atoms with Crippen LogP contribution < -0.4 is 4.90 Å². The number of benzene rings is 10. The molecule has 286 valence electrons. The summed E-state index contributed by atoms with van der Waals surface area (Å²) in [7, 11) is 0. The molecule has 0 fully saturated rings. The molecule has 0 atom stereocenters. The fraction of sp³-hybridized carbons (Fsp3) is 0. The summed E-state index contributed by atoms with van der Waals surface area (Å²) in [5, 5.41) is 6.82. The zero-order chi connectivity index (χ0) is 40.3. The maximum Gasteiger partial charge on any atom is 0.143 e. The summed E-state index contributed by atoms with van der Waals surface area (Å²) >= 11 is 0. The summed E-state index contributed by atoms with van der Waals surface area (Å²) in [4.78, 5) is 2.33. The zero-order valence-electron chi connectivity index (χ0n) is 33.1. The molecule has 61 heavy (non-hydrogen) atoms. The minimum Gasteiger partial charge on any atom is -0.455 e. The third-order valence-electron chi connectivity index (χ3n) is 12.1. The third-order valence-corrected chi connectivity index (χ3v) is 12.1. The molecule has 10 aromatic carbocycles. The minimum atomic E-state index is 0.891. The molecule has 3 nitrogen and oxygen atoms in total. The van der Waals surface area contributed by atoms with Crippen LogP contribution in [0.25, 0.3) is 99.2 Å². The number of rotatable bonds is 7. The van der Waals surface area contributed by atoms with Gasteiger partial charge < -0.3 is 13.7 Å². The number of anilines is 3. The molecule has 0 saturated carbocycles. The van der Waals surface area contributed by atoms with Gasteiger partial charge in [0.1, 0.15) is 22.3 Å². The van der Waals surface area contributed by atoms with Gasteiger partial charge in [-0.05, 0) is 105 Å². The van der Waals surface area contributed by atoms with Gasteiger partial charge in [0.2, 0.25) is 0 Å². The molecule has 0 N–H and O–H groups in total. The number of hydrogen-bond acceptors (Lipinski definition) is 3. The van der Waals surface area contributed by atoms with Gasteiger partial charge in [0, 0.05) is 49.6 Å². The lowest BCUT2D eigenvalue weighted by molar-refractivity contribution is 0.670. The standard InChI is InChI=1S/C58H37NO2/c1-2-11-38(12-3-1)43-14-8-15-44(37-43)39-23-30-45(31-24-39)59(47-34-27-42(28-35-47)50-19-9-20-52-51-17-6-7-21-54(51)60-57(50)52)46-32-25-41(26-33-46)48-18-10-22-55-56(48)53-36-29-40-13-4-5-16-49(40)58(53)61-55/h1-37H. The van der Waals surface area contributed by atoms with E-state index in [1.807, 2.05) is 12.1 Å². The molecule has 0 aliphatic carbocycles.